The molecule has 152 valence electrons. The Labute approximate surface area is 173 Å². The first-order valence-electron chi connectivity index (χ1n) is 9.08. The fraction of sp³-hybridized carbons (Fsp3) is 0.150. The average molecular weight is 421 g/mol. The van der Waals surface area contributed by atoms with Crippen LogP contribution in [0.25, 0.3) is 16.9 Å². The van der Waals surface area contributed by atoms with E-state index in [-0.39, 0.29) is 4.90 Å². The van der Waals surface area contributed by atoms with E-state index in [1.165, 1.54) is 24.3 Å². The van der Waals surface area contributed by atoms with Crippen LogP contribution in [0.15, 0.2) is 63.7 Å². The maximum atomic E-state index is 11.4. The third kappa shape index (κ3) is 3.70. The molecule has 2 N–H and O–H groups in total. The van der Waals surface area contributed by atoms with Gasteiger partial charge in [-0.3, -0.25) is 0 Å². The van der Waals surface area contributed by atoms with Crippen molar-refractivity contribution >= 4 is 32.4 Å². The molecule has 0 unspecified atom stereocenters. The number of benzene rings is 2. The SMILES string of the molecule is Cc1nc2ccccc2nc1-n1nc(C)c(N=Nc2ccc(S(N)(=O)=O)cc2)c1C. The second-order valence-corrected chi connectivity index (χ2v) is 8.35. The summed E-state index contributed by atoms with van der Waals surface area (Å²) in [6.07, 6.45) is 0. The lowest BCUT2D eigenvalue weighted by atomic mass is 10.3. The number of primary sulfonamides is 1. The minimum Gasteiger partial charge on any atom is -0.248 e. The number of nitrogens with two attached hydrogens (primary N) is 1. The van der Waals surface area contributed by atoms with Crippen molar-refractivity contribution in [2.45, 2.75) is 25.7 Å². The number of hydrogen-bond acceptors (Lipinski definition) is 7. The van der Waals surface area contributed by atoms with E-state index in [0.717, 1.165) is 22.4 Å². The van der Waals surface area contributed by atoms with Gasteiger partial charge < -0.3 is 0 Å². The van der Waals surface area contributed by atoms with Gasteiger partial charge in [0.1, 0.15) is 5.69 Å². The van der Waals surface area contributed by atoms with Gasteiger partial charge >= 0.3 is 0 Å². The Morgan fingerprint density at radius 3 is 2.13 bits per heavy atom. The normalized spacial score (nSPS) is 12.1. The number of sulfonamides is 1. The van der Waals surface area contributed by atoms with Crippen LogP contribution in [0.2, 0.25) is 0 Å². The minimum atomic E-state index is -3.75. The van der Waals surface area contributed by atoms with E-state index >= 15 is 0 Å². The summed E-state index contributed by atoms with van der Waals surface area (Å²) in [7, 11) is -3.75. The Balaban J connectivity index is 1.71. The number of nitrogens with zero attached hydrogens (tertiary/aromatic N) is 6. The van der Waals surface area contributed by atoms with Crippen molar-refractivity contribution in [2.75, 3.05) is 0 Å². The van der Waals surface area contributed by atoms with Crippen LogP contribution in [-0.2, 0) is 10.0 Å². The molecule has 10 heteroatoms. The topological polar surface area (TPSA) is 128 Å². The number of aromatic nitrogens is 4. The largest absolute Gasteiger partial charge is 0.248 e. The van der Waals surface area contributed by atoms with Crippen molar-refractivity contribution in [1.82, 2.24) is 19.7 Å². The highest BCUT2D eigenvalue weighted by Gasteiger charge is 2.16. The Kier molecular flexibility index (Phi) is 4.88. The van der Waals surface area contributed by atoms with Crippen LogP contribution in [-0.4, -0.2) is 28.2 Å². The standard InChI is InChI=1S/C20H19N7O2S/c1-12-19(25-24-15-8-10-16(11-9-15)30(21,28)29)14(3)27(26-12)20-13(2)22-17-6-4-5-7-18(17)23-20/h4-11H,1-3H3,(H2,21,28,29). The number of aryl methyl sites for hydroxylation is 2. The van der Waals surface area contributed by atoms with Crippen molar-refractivity contribution in [3.8, 4) is 5.82 Å². The zero-order valence-corrected chi connectivity index (χ0v) is 17.4. The molecule has 2 aromatic heterocycles. The quantitative estimate of drug-likeness (QED) is 0.501. The van der Waals surface area contributed by atoms with Crippen LogP contribution in [0.5, 0.6) is 0 Å². The van der Waals surface area contributed by atoms with Gasteiger partial charge in [-0.05, 0) is 57.2 Å². The lowest BCUT2D eigenvalue weighted by Gasteiger charge is -2.08. The Hall–Kier alpha value is -3.50. The number of fused-ring (bicyclic) bond motifs is 1. The van der Waals surface area contributed by atoms with Gasteiger partial charge in [-0.15, -0.1) is 5.11 Å². The summed E-state index contributed by atoms with van der Waals surface area (Å²) in [6.45, 7) is 5.61. The smallest absolute Gasteiger partial charge is 0.238 e. The van der Waals surface area contributed by atoms with Crippen LogP contribution < -0.4 is 5.14 Å². The molecule has 4 rings (SSSR count). The Morgan fingerprint density at radius 2 is 1.50 bits per heavy atom. The predicted molar refractivity (Wildman–Crippen MR) is 113 cm³/mol. The van der Waals surface area contributed by atoms with Crippen LogP contribution >= 0.6 is 0 Å². The molecule has 9 nitrogen and oxygen atoms in total. The van der Waals surface area contributed by atoms with Crippen LogP contribution in [0.4, 0.5) is 11.4 Å². The zero-order chi connectivity index (χ0) is 21.5. The minimum absolute atomic E-state index is 0.0204. The van der Waals surface area contributed by atoms with Crippen LogP contribution in [0.1, 0.15) is 17.1 Å². The first-order chi connectivity index (χ1) is 14.2. The molecular formula is C20H19N7O2S. The summed E-state index contributed by atoms with van der Waals surface area (Å²) in [6, 6.07) is 13.5. The van der Waals surface area contributed by atoms with E-state index in [1.54, 1.807) is 4.68 Å². The van der Waals surface area contributed by atoms with Gasteiger partial charge in [-0.25, -0.2) is 28.2 Å². The molecule has 0 saturated carbocycles. The van der Waals surface area contributed by atoms with Crippen molar-refractivity contribution in [3.63, 3.8) is 0 Å². The van der Waals surface area contributed by atoms with Crippen molar-refractivity contribution in [3.05, 3.63) is 65.6 Å². The number of para-hydroxylation sites is 2. The molecule has 0 aliphatic heterocycles. The Morgan fingerprint density at radius 1 is 0.867 bits per heavy atom. The summed E-state index contributed by atoms with van der Waals surface area (Å²) >= 11 is 0. The predicted octanol–water partition coefficient (Wildman–Crippen LogP) is 3.80. The number of rotatable bonds is 4. The number of hydrogen-bond donors (Lipinski definition) is 1. The maximum Gasteiger partial charge on any atom is 0.238 e. The molecule has 0 amide bonds. The highest BCUT2D eigenvalue weighted by molar-refractivity contribution is 7.89. The van der Waals surface area contributed by atoms with Crippen molar-refractivity contribution in [1.29, 1.82) is 0 Å². The van der Waals surface area contributed by atoms with Gasteiger partial charge in [0.2, 0.25) is 10.0 Å². The number of azo groups is 1. The molecule has 4 aromatic rings. The fourth-order valence-corrected chi connectivity index (χ4v) is 3.59. The molecule has 0 radical (unpaired) electrons. The first kappa shape index (κ1) is 19.8. The molecule has 0 atom stereocenters. The molecule has 0 bridgehead atoms. The summed E-state index contributed by atoms with van der Waals surface area (Å²) in [5.41, 5.74) is 4.92. The van der Waals surface area contributed by atoms with Gasteiger partial charge in [0.25, 0.3) is 0 Å². The Bertz CT molecular complexity index is 1390. The summed E-state index contributed by atoms with van der Waals surface area (Å²) < 4.78 is 24.4. The van der Waals surface area contributed by atoms with E-state index < -0.39 is 10.0 Å². The lowest BCUT2D eigenvalue weighted by molar-refractivity contribution is 0.598. The van der Waals surface area contributed by atoms with E-state index in [1.807, 2.05) is 45.0 Å². The average Bonchev–Trinajstić information content (AvgIpc) is 2.99. The molecule has 0 spiro atoms. The maximum absolute atomic E-state index is 11.4. The zero-order valence-electron chi connectivity index (χ0n) is 16.6. The summed E-state index contributed by atoms with van der Waals surface area (Å²) in [5, 5.41) is 18.2. The van der Waals surface area contributed by atoms with Gasteiger partial charge in [-0.1, -0.05) is 12.1 Å². The van der Waals surface area contributed by atoms with Gasteiger partial charge in [-0.2, -0.15) is 10.2 Å². The van der Waals surface area contributed by atoms with Crippen LogP contribution in [0, 0.1) is 20.8 Å². The summed E-state index contributed by atoms with van der Waals surface area (Å²) in [5.74, 6) is 0.633. The molecule has 0 fully saturated rings. The van der Waals surface area contributed by atoms with Crippen molar-refractivity contribution < 1.29 is 8.42 Å². The molecule has 0 aliphatic carbocycles. The monoisotopic (exact) mass is 421 g/mol. The third-order valence-electron chi connectivity index (χ3n) is 4.60. The van der Waals surface area contributed by atoms with Gasteiger partial charge in [0.15, 0.2) is 5.82 Å². The fourth-order valence-electron chi connectivity index (χ4n) is 3.08. The molecule has 2 heterocycles. The van der Waals surface area contributed by atoms with Crippen LogP contribution in [0.3, 0.4) is 0 Å². The van der Waals surface area contributed by atoms with E-state index in [9.17, 15) is 8.42 Å². The summed E-state index contributed by atoms with van der Waals surface area (Å²) in [4.78, 5) is 9.35. The molecule has 0 aliphatic rings. The molecule has 30 heavy (non-hydrogen) atoms. The highest BCUT2D eigenvalue weighted by Crippen LogP contribution is 2.28. The second kappa shape index (κ2) is 7.39. The lowest BCUT2D eigenvalue weighted by Crippen LogP contribution is -2.11. The molecule has 0 saturated heterocycles. The highest BCUT2D eigenvalue weighted by atomic mass is 32.2. The second-order valence-electron chi connectivity index (χ2n) is 6.79. The van der Waals surface area contributed by atoms with Gasteiger partial charge in [0.05, 0.1) is 38.7 Å². The first-order valence-corrected chi connectivity index (χ1v) is 10.6. The molecule has 2 aromatic carbocycles. The molecular weight excluding hydrogens is 402 g/mol. The van der Waals surface area contributed by atoms with Gasteiger partial charge in [0, 0.05) is 0 Å². The van der Waals surface area contributed by atoms with E-state index in [0.29, 0.717) is 22.9 Å². The van der Waals surface area contributed by atoms with Crippen molar-refractivity contribution in [2.24, 2.45) is 15.4 Å². The van der Waals surface area contributed by atoms with E-state index in [4.69, 9.17) is 10.1 Å². The van der Waals surface area contributed by atoms with E-state index in [2.05, 4.69) is 20.3 Å². The third-order valence-corrected chi connectivity index (χ3v) is 5.53.